The zero-order valence-electron chi connectivity index (χ0n) is 17.5. The van der Waals surface area contributed by atoms with E-state index in [1.165, 1.54) is 0 Å². The van der Waals surface area contributed by atoms with Crippen molar-refractivity contribution in [1.82, 2.24) is 5.32 Å². The number of ether oxygens (including phenoxy) is 3. The molecule has 1 heterocycles. The van der Waals surface area contributed by atoms with Gasteiger partial charge in [-0.25, -0.2) is 4.99 Å². The van der Waals surface area contributed by atoms with Crippen LogP contribution in [0.25, 0.3) is 0 Å². The summed E-state index contributed by atoms with van der Waals surface area (Å²) in [6.07, 6.45) is 2.42. The molecule has 2 N–H and O–H groups in total. The molecule has 7 nitrogen and oxygen atoms in total. The molecule has 7 heteroatoms. The molecule has 0 unspecified atom stereocenters. The van der Waals surface area contributed by atoms with Gasteiger partial charge in [-0.05, 0) is 17.7 Å². The fourth-order valence-electron chi connectivity index (χ4n) is 2.94. The van der Waals surface area contributed by atoms with E-state index in [1.54, 1.807) is 27.6 Å². The van der Waals surface area contributed by atoms with Gasteiger partial charge in [0.15, 0.2) is 17.5 Å². The predicted molar refractivity (Wildman–Crippen MR) is 118 cm³/mol. The molecule has 0 spiro atoms. The van der Waals surface area contributed by atoms with Crippen molar-refractivity contribution in [3.05, 3.63) is 72.2 Å². The van der Waals surface area contributed by atoms with Crippen molar-refractivity contribution in [2.45, 2.75) is 13.0 Å². The first-order valence-corrected chi connectivity index (χ1v) is 9.65. The number of hydrogen-bond acceptors (Lipinski definition) is 5. The molecule has 0 saturated carbocycles. The summed E-state index contributed by atoms with van der Waals surface area (Å²) in [7, 11) is 4.76. The number of guanidine groups is 1. The minimum atomic E-state index is 0.541. The maximum Gasteiger partial charge on any atom is 0.203 e. The van der Waals surface area contributed by atoms with E-state index in [0.717, 1.165) is 23.4 Å². The van der Waals surface area contributed by atoms with Gasteiger partial charge in [-0.1, -0.05) is 30.3 Å². The lowest BCUT2D eigenvalue weighted by Crippen LogP contribution is -2.32. The number of nitrogens with one attached hydrogen (secondary N) is 2. The van der Waals surface area contributed by atoms with Crippen LogP contribution in [0.3, 0.4) is 0 Å². The van der Waals surface area contributed by atoms with Gasteiger partial charge in [0.05, 0.1) is 34.1 Å². The van der Waals surface area contributed by atoms with E-state index < -0.39 is 0 Å². The van der Waals surface area contributed by atoms with E-state index in [1.807, 2.05) is 54.6 Å². The molecule has 0 bridgehead atoms. The largest absolute Gasteiger partial charge is 0.493 e. The Bertz CT molecular complexity index is 915. The molecule has 0 aliphatic heterocycles. The van der Waals surface area contributed by atoms with Gasteiger partial charge in [0.1, 0.15) is 5.76 Å². The molecule has 0 atom stereocenters. The Kier molecular flexibility index (Phi) is 7.60. The number of benzene rings is 2. The molecule has 0 amide bonds. The Morgan fingerprint density at radius 2 is 1.67 bits per heavy atom. The lowest BCUT2D eigenvalue weighted by Gasteiger charge is -2.17. The topological polar surface area (TPSA) is 77.2 Å². The SMILES string of the molecule is COc1cc(NC(=NCc2ccccc2)NCCc2ccco2)cc(OC)c1OC. The summed E-state index contributed by atoms with van der Waals surface area (Å²) in [5, 5.41) is 6.67. The highest BCUT2D eigenvalue weighted by Gasteiger charge is 2.14. The third-order valence-corrected chi connectivity index (χ3v) is 4.43. The highest BCUT2D eigenvalue weighted by Crippen LogP contribution is 2.39. The van der Waals surface area contributed by atoms with Crippen LogP contribution < -0.4 is 24.8 Å². The van der Waals surface area contributed by atoms with Crippen molar-refractivity contribution in [1.29, 1.82) is 0 Å². The van der Waals surface area contributed by atoms with Crippen molar-refractivity contribution >= 4 is 11.6 Å². The normalized spacial score (nSPS) is 11.1. The van der Waals surface area contributed by atoms with Crippen LogP contribution in [-0.2, 0) is 13.0 Å². The van der Waals surface area contributed by atoms with Crippen LogP contribution in [0, 0.1) is 0 Å². The number of nitrogens with zero attached hydrogens (tertiary/aromatic N) is 1. The summed E-state index contributed by atoms with van der Waals surface area (Å²) in [6.45, 7) is 1.21. The van der Waals surface area contributed by atoms with Crippen LogP contribution in [0.4, 0.5) is 5.69 Å². The van der Waals surface area contributed by atoms with Crippen LogP contribution in [0.5, 0.6) is 17.2 Å². The Balaban J connectivity index is 1.78. The number of anilines is 1. The third kappa shape index (κ3) is 5.70. The zero-order chi connectivity index (χ0) is 21.2. The van der Waals surface area contributed by atoms with E-state index in [4.69, 9.17) is 23.6 Å². The van der Waals surface area contributed by atoms with Crippen LogP contribution >= 0.6 is 0 Å². The molecule has 2 aromatic carbocycles. The summed E-state index contributed by atoms with van der Waals surface area (Å²) in [4.78, 5) is 4.71. The summed E-state index contributed by atoms with van der Waals surface area (Å²) in [6, 6.07) is 17.6. The molecule has 0 fully saturated rings. The Hall–Kier alpha value is -3.61. The predicted octanol–water partition coefficient (Wildman–Crippen LogP) is 4.11. The molecule has 30 heavy (non-hydrogen) atoms. The highest BCUT2D eigenvalue weighted by molar-refractivity contribution is 5.94. The molecule has 3 rings (SSSR count). The highest BCUT2D eigenvalue weighted by atomic mass is 16.5. The van der Waals surface area contributed by atoms with Gasteiger partial charge < -0.3 is 29.3 Å². The summed E-state index contributed by atoms with van der Waals surface area (Å²) >= 11 is 0. The second kappa shape index (κ2) is 10.8. The fourth-order valence-corrected chi connectivity index (χ4v) is 2.94. The van der Waals surface area contributed by atoms with Gasteiger partial charge in [0.25, 0.3) is 0 Å². The van der Waals surface area contributed by atoms with Crippen LogP contribution in [-0.4, -0.2) is 33.8 Å². The average Bonchev–Trinajstić information content (AvgIpc) is 3.30. The van der Waals surface area contributed by atoms with Crippen LogP contribution in [0.15, 0.2) is 70.3 Å². The standard InChI is InChI=1S/C23H27N3O4/c1-27-20-14-18(15-21(28-2)22(20)29-3)26-23(24-12-11-19-10-7-13-30-19)25-16-17-8-5-4-6-9-17/h4-10,13-15H,11-12,16H2,1-3H3,(H2,24,25,26). The van der Waals surface area contributed by atoms with Crippen LogP contribution in [0.1, 0.15) is 11.3 Å². The first-order chi connectivity index (χ1) is 14.7. The molecular weight excluding hydrogens is 382 g/mol. The first kappa shape index (κ1) is 21.1. The lowest BCUT2D eigenvalue weighted by atomic mass is 10.2. The Morgan fingerprint density at radius 1 is 0.933 bits per heavy atom. The number of methoxy groups -OCH3 is 3. The Morgan fingerprint density at radius 3 is 2.27 bits per heavy atom. The summed E-state index contributed by atoms with van der Waals surface area (Å²) in [5.74, 6) is 3.23. The summed E-state index contributed by atoms with van der Waals surface area (Å²) < 4.78 is 21.7. The quantitative estimate of drug-likeness (QED) is 0.409. The maximum absolute atomic E-state index is 5.44. The van der Waals surface area contributed by atoms with Gasteiger partial charge in [0.2, 0.25) is 5.75 Å². The van der Waals surface area contributed by atoms with Crippen molar-refractivity contribution in [3.63, 3.8) is 0 Å². The maximum atomic E-state index is 5.44. The number of aliphatic imine (C=N–C) groups is 1. The first-order valence-electron chi connectivity index (χ1n) is 9.65. The average molecular weight is 409 g/mol. The third-order valence-electron chi connectivity index (χ3n) is 4.43. The smallest absolute Gasteiger partial charge is 0.203 e. The molecule has 3 aromatic rings. The van der Waals surface area contributed by atoms with E-state index >= 15 is 0 Å². The van der Waals surface area contributed by atoms with E-state index in [0.29, 0.717) is 36.3 Å². The Labute approximate surface area is 176 Å². The van der Waals surface area contributed by atoms with E-state index in [2.05, 4.69) is 10.6 Å². The van der Waals surface area contributed by atoms with E-state index in [-0.39, 0.29) is 0 Å². The number of rotatable bonds is 9. The number of furan rings is 1. The minimum Gasteiger partial charge on any atom is -0.493 e. The second-order valence-electron chi connectivity index (χ2n) is 6.45. The molecule has 158 valence electrons. The van der Waals surface area contributed by atoms with Crippen molar-refractivity contribution in [2.75, 3.05) is 33.2 Å². The molecule has 0 aliphatic carbocycles. The van der Waals surface area contributed by atoms with Gasteiger partial charge >= 0.3 is 0 Å². The zero-order valence-corrected chi connectivity index (χ0v) is 17.5. The van der Waals surface area contributed by atoms with E-state index in [9.17, 15) is 0 Å². The lowest BCUT2D eigenvalue weighted by molar-refractivity contribution is 0.324. The number of hydrogen-bond donors (Lipinski definition) is 2. The summed E-state index contributed by atoms with van der Waals surface area (Å²) in [5.41, 5.74) is 1.89. The van der Waals surface area contributed by atoms with Crippen LogP contribution in [0.2, 0.25) is 0 Å². The minimum absolute atomic E-state index is 0.541. The molecule has 0 saturated heterocycles. The second-order valence-corrected chi connectivity index (χ2v) is 6.45. The van der Waals surface area contributed by atoms with Crippen molar-refractivity contribution in [3.8, 4) is 17.2 Å². The molecule has 0 radical (unpaired) electrons. The molecule has 0 aliphatic rings. The van der Waals surface area contributed by atoms with Gasteiger partial charge in [0, 0.05) is 30.8 Å². The fraction of sp³-hybridized carbons (Fsp3) is 0.261. The van der Waals surface area contributed by atoms with Gasteiger partial charge in [-0.3, -0.25) is 0 Å². The molecule has 1 aromatic heterocycles. The van der Waals surface area contributed by atoms with Gasteiger partial charge in [-0.15, -0.1) is 0 Å². The van der Waals surface area contributed by atoms with Gasteiger partial charge in [-0.2, -0.15) is 0 Å². The monoisotopic (exact) mass is 409 g/mol. The van der Waals surface area contributed by atoms with Crippen molar-refractivity contribution < 1.29 is 18.6 Å². The molecular formula is C23H27N3O4. The van der Waals surface area contributed by atoms with Crippen molar-refractivity contribution in [2.24, 2.45) is 4.99 Å².